The Bertz CT molecular complexity index is 203. The minimum Gasteiger partial charge on any atom is -0.435 e. The number of halogens is 1. The molecular weight excluding hydrogens is 192 g/mol. The molecule has 0 N–H and O–H groups in total. The first-order valence-electron chi connectivity index (χ1n) is 4.38. The topological polar surface area (TPSA) is 35.5 Å². The van der Waals surface area contributed by atoms with Gasteiger partial charge in [0.1, 0.15) is 6.10 Å². The van der Waals surface area contributed by atoms with Gasteiger partial charge in [-0.2, -0.15) is 0 Å². The molecule has 0 amide bonds. The van der Waals surface area contributed by atoms with Crippen LogP contribution in [0.2, 0.25) is 0 Å². The van der Waals surface area contributed by atoms with E-state index in [0.29, 0.717) is 6.61 Å². The van der Waals surface area contributed by atoms with Gasteiger partial charge in [0.15, 0.2) is 0 Å². The molecule has 13 heavy (non-hydrogen) atoms. The van der Waals surface area contributed by atoms with E-state index in [-0.39, 0.29) is 11.5 Å². The average molecular weight is 205 g/mol. The van der Waals surface area contributed by atoms with Crippen molar-refractivity contribution < 1.29 is 14.3 Å². The Labute approximate surface area is 82.7 Å². The zero-order valence-electron chi connectivity index (χ0n) is 7.53. The molecule has 74 valence electrons. The van der Waals surface area contributed by atoms with E-state index in [0.717, 1.165) is 12.8 Å². The van der Waals surface area contributed by atoms with Crippen LogP contribution < -0.4 is 0 Å². The Kier molecular flexibility index (Phi) is 4.09. The van der Waals surface area contributed by atoms with Crippen LogP contribution in [-0.4, -0.2) is 24.2 Å². The van der Waals surface area contributed by atoms with Crippen LogP contribution in [-0.2, 0) is 9.47 Å². The summed E-state index contributed by atoms with van der Waals surface area (Å²) in [7, 11) is 0. The molecule has 0 fully saturated rings. The minimum atomic E-state index is -0.606. The van der Waals surface area contributed by atoms with Gasteiger partial charge in [0, 0.05) is 0 Å². The quantitative estimate of drug-likeness (QED) is 0.394. The number of alkyl halides is 1. The van der Waals surface area contributed by atoms with Gasteiger partial charge in [-0.3, -0.25) is 0 Å². The highest BCUT2D eigenvalue weighted by Crippen LogP contribution is 2.18. The number of ether oxygens (including phenoxy) is 2. The summed E-state index contributed by atoms with van der Waals surface area (Å²) in [6, 6.07) is 0. The molecule has 1 rings (SSSR count). The Balaban J connectivity index is 2.30. The lowest BCUT2D eigenvalue weighted by Crippen LogP contribution is -2.21. The lowest BCUT2D eigenvalue weighted by molar-refractivity contribution is 0.0367. The molecule has 0 spiro atoms. The number of hydrogen-bond donors (Lipinski definition) is 0. The van der Waals surface area contributed by atoms with Crippen LogP contribution in [0.1, 0.15) is 19.8 Å². The molecule has 0 unspecified atom stereocenters. The maximum Gasteiger partial charge on any atom is 0.508 e. The summed E-state index contributed by atoms with van der Waals surface area (Å²) in [5.74, 6) is 0. The molecule has 0 heterocycles. The van der Waals surface area contributed by atoms with Crippen LogP contribution in [0.4, 0.5) is 4.79 Å². The van der Waals surface area contributed by atoms with Gasteiger partial charge < -0.3 is 9.47 Å². The summed E-state index contributed by atoms with van der Waals surface area (Å²) in [4.78, 5) is 10.9. The van der Waals surface area contributed by atoms with Gasteiger partial charge in [-0.15, -0.1) is 11.6 Å². The van der Waals surface area contributed by atoms with Gasteiger partial charge >= 0.3 is 6.16 Å². The van der Waals surface area contributed by atoms with Crippen molar-refractivity contribution in [3.63, 3.8) is 0 Å². The van der Waals surface area contributed by atoms with Crippen LogP contribution in [0, 0.1) is 0 Å². The highest BCUT2D eigenvalue weighted by Gasteiger charge is 2.17. The van der Waals surface area contributed by atoms with E-state index in [1.54, 1.807) is 13.0 Å². The first-order chi connectivity index (χ1) is 6.22. The first kappa shape index (κ1) is 10.4. The predicted molar refractivity (Wildman–Crippen MR) is 49.9 cm³/mol. The van der Waals surface area contributed by atoms with Crippen LogP contribution in [0.15, 0.2) is 12.2 Å². The average Bonchev–Trinajstić information content (AvgIpc) is 2.09. The Morgan fingerprint density at radius 1 is 1.54 bits per heavy atom. The third-order valence-electron chi connectivity index (χ3n) is 1.77. The molecule has 0 saturated heterocycles. The first-order valence-corrected chi connectivity index (χ1v) is 4.82. The van der Waals surface area contributed by atoms with E-state index in [1.807, 2.05) is 6.08 Å². The van der Waals surface area contributed by atoms with Crippen molar-refractivity contribution in [3.05, 3.63) is 12.2 Å². The summed E-state index contributed by atoms with van der Waals surface area (Å²) in [5, 5.41) is 0.0713. The largest absolute Gasteiger partial charge is 0.508 e. The number of rotatable bonds is 2. The van der Waals surface area contributed by atoms with E-state index in [2.05, 4.69) is 4.74 Å². The number of carbonyl (C=O) groups is 1. The van der Waals surface area contributed by atoms with E-state index in [9.17, 15) is 4.79 Å². The van der Waals surface area contributed by atoms with Crippen molar-refractivity contribution in [3.8, 4) is 0 Å². The van der Waals surface area contributed by atoms with E-state index >= 15 is 0 Å². The number of allylic oxidation sites excluding steroid dienone is 1. The third-order valence-corrected chi connectivity index (χ3v) is 2.14. The number of carbonyl (C=O) groups excluding carboxylic acids is 1. The van der Waals surface area contributed by atoms with Crippen LogP contribution in [0.3, 0.4) is 0 Å². The number of hydrogen-bond acceptors (Lipinski definition) is 3. The molecule has 4 heteroatoms. The summed E-state index contributed by atoms with van der Waals surface area (Å²) >= 11 is 5.82. The highest BCUT2D eigenvalue weighted by atomic mass is 35.5. The van der Waals surface area contributed by atoms with Crippen molar-refractivity contribution >= 4 is 17.8 Å². The third kappa shape index (κ3) is 3.68. The Morgan fingerprint density at radius 2 is 2.31 bits per heavy atom. The molecule has 2 atom stereocenters. The molecule has 1 aliphatic carbocycles. The molecular formula is C9H13ClO3. The second-order valence-electron chi connectivity index (χ2n) is 2.82. The fraction of sp³-hybridized carbons (Fsp3) is 0.667. The van der Waals surface area contributed by atoms with Crippen molar-refractivity contribution in [2.45, 2.75) is 31.2 Å². The monoisotopic (exact) mass is 204 g/mol. The molecule has 0 aromatic heterocycles. The van der Waals surface area contributed by atoms with Gasteiger partial charge in [0.25, 0.3) is 0 Å². The summed E-state index contributed by atoms with van der Waals surface area (Å²) in [6.45, 7) is 2.08. The van der Waals surface area contributed by atoms with Crippen LogP contribution in [0.5, 0.6) is 0 Å². The standard InChI is InChI=1S/C9H13ClO3/c1-2-12-9(11)13-8-5-3-7(10)4-6-8/h3,5,7-8H,2,4,6H2,1H3/t7-,8+/m1/s1. The normalized spacial score (nSPS) is 26.9. The van der Waals surface area contributed by atoms with Crippen molar-refractivity contribution in [2.75, 3.05) is 6.61 Å². The van der Waals surface area contributed by atoms with E-state index in [1.165, 1.54) is 0 Å². The van der Waals surface area contributed by atoms with Crippen molar-refractivity contribution in [1.82, 2.24) is 0 Å². The molecule has 0 aromatic rings. The molecule has 0 aromatic carbocycles. The van der Waals surface area contributed by atoms with Crippen molar-refractivity contribution in [2.24, 2.45) is 0 Å². The Hall–Kier alpha value is -0.700. The van der Waals surface area contributed by atoms with Crippen LogP contribution >= 0.6 is 11.6 Å². The lowest BCUT2D eigenvalue weighted by atomic mass is 10.1. The lowest BCUT2D eigenvalue weighted by Gasteiger charge is -2.18. The van der Waals surface area contributed by atoms with Gasteiger partial charge in [0.2, 0.25) is 0 Å². The SMILES string of the molecule is CCOC(=O)O[C@H]1C=C[C@@H](Cl)CC1. The smallest absolute Gasteiger partial charge is 0.435 e. The predicted octanol–water partition coefficient (Wildman–Crippen LogP) is 2.49. The molecule has 0 radical (unpaired) electrons. The van der Waals surface area contributed by atoms with E-state index in [4.69, 9.17) is 16.3 Å². The van der Waals surface area contributed by atoms with Gasteiger partial charge in [0.05, 0.1) is 12.0 Å². The van der Waals surface area contributed by atoms with Gasteiger partial charge in [-0.05, 0) is 25.8 Å². The summed E-state index contributed by atoms with van der Waals surface area (Å²) in [5.41, 5.74) is 0. The maximum atomic E-state index is 10.9. The van der Waals surface area contributed by atoms with Gasteiger partial charge in [-0.1, -0.05) is 6.08 Å². The zero-order valence-corrected chi connectivity index (χ0v) is 8.29. The Morgan fingerprint density at radius 3 is 2.85 bits per heavy atom. The molecule has 1 aliphatic rings. The molecule has 0 saturated carbocycles. The van der Waals surface area contributed by atoms with Crippen LogP contribution in [0.25, 0.3) is 0 Å². The van der Waals surface area contributed by atoms with Gasteiger partial charge in [-0.25, -0.2) is 4.79 Å². The summed E-state index contributed by atoms with van der Waals surface area (Å²) in [6.07, 6.45) is 4.47. The fourth-order valence-corrected chi connectivity index (χ4v) is 1.34. The maximum absolute atomic E-state index is 10.9. The second-order valence-corrected chi connectivity index (χ2v) is 3.38. The molecule has 0 aliphatic heterocycles. The van der Waals surface area contributed by atoms with Crippen molar-refractivity contribution in [1.29, 1.82) is 0 Å². The summed E-state index contributed by atoms with van der Waals surface area (Å²) < 4.78 is 9.62. The second kappa shape index (κ2) is 5.12. The minimum absolute atomic E-state index is 0.0713. The molecule has 0 bridgehead atoms. The highest BCUT2D eigenvalue weighted by molar-refractivity contribution is 6.21. The fourth-order valence-electron chi connectivity index (χ4n) is 1.13. The molecule has 3 nitrogen and oxygen atoms in total. The van der Waals surface area contributed by atoms with E-state index < -0.39 is 6.16 Å². The zero-order chi connectivity index (χ0) is 9.68.